The van der Waals surface area contributed by atoms with Crippen molar-refractivity contribution < 1.29 is 9.53 Å². The van der Waals surface area contributed by atoms with Gasteiger partial charge < -0.3 is 4.74 Å². The number of ether oxygens (including phenoxy) is 1. The van der Waals surface area contributed by atoms with Gasteiger partial charge >= 0.3 is 5.97 Å². The molecular formula is C11H15BrO2S. The summed E-state index contributed by atoms with van der Waals surface area (Å²) in [6.07, 6.45) is 0. The van der Waals surface area contributed by atoms with Crippen LogP contribution in [0.2, 0.25) is 0 Å². The van der Waals surface area contributed by atoms with Crippen LogP contribution in [-0.2, 0) is 9.53 Å². The van der Waals surface area contributed by atoms with E-state index in [-0.39, 0.29) is 17.8 Å². The monoisotopic (exact) mass is 290 g/mol. The van der Waals surface area contributed by atoms with Crippen molar-refractivity contribution in [1.29, 1.82) is 0 Å². The number of thiophene rings is 1. The van der Waals surface area contributed by atoms with Crippen molar-refractivity contribution in [2.75, 3.05) is 6.61 Å². The van der Waals surface area contributed by atoms with Gasteiger partial charge in [0.2, 0.25) is 0 Å². The van der Waals surface area contributed by atoms with E-state index in [0.717, 1.165) is 9.35 Å². The van der Waals surface area contributed by atoms with Gasteiger partial charge in [0.1, 0.15) is 0 Å². The van der Waals surface area contributed by atoms with Crippen LogP contribution in [0.25, 0.3) is 0 Å². The van der Waals surface area contributed by atoms with Gasteiger partial charge in [0.15, 0.2) is 0 Å². The number of rotatable bonds is 4. The van der Waals surface area contributed by atoms with Crippen LogP contribution >= 0.6 is 27.3 Å². The highest BCUT2D eigenvalue weighted by Gasteiger charge is 2.28. The maximum absolute atomic E-state index is 11.8. The van der Waals surface area contributed by atoms with Crippen molar-refractivity contribution in [2.45, 2.75) is 26.7 Å². The third-order valence-electron chi connectivity index (χ3n) is 2.13. The molecule has 0 aliphatic heterocycles. The number of hydrogen-bond donors (Lipinski definition) is 0. The fourth-order valence-corrected chi connectivity index (χ4v) is 3.32. The van der Waals surface area contributed by atoms with Gasteiger partial charge in [-0.1, -0.05) is 13.8 Å². The largest absolute Gasteiger partial charge is 0.465 e. The maximum Gasteiger partial charge on any atom is 0.314 e. The standard InChI is InChI=1S/C11H15BrO2S/c1-4-14-11(13)9(7(2)3)10-8(12)5-6-15-10/h5-7,9H,4H2,1-3H3. The Morgan fingerprint density at radius 2 is 2.27 bits per heavy atom. The molecule has 0 saturated carbocycles. The summed E-state index contributed by atoms with van der Waals surface area (Å²) in [7, 11) is 0. The average Bonchev–Trinajstić information content (AvgIpc) is 2.52. The first-order chi connectivity index (χ1) is 7.07. The Morgan fingerprint density at radius 1 is 1.60 bits per heavy atom. The van der Waals surface area contributed by atoms with Crippen LogP contribution in [0, 0.1) is 5.92 Å². The van der Waals surface area contributed by atoms with Gasteiger partial charge in [0.25, 0.3) is 0 Å². The Labute approximate surface area is 103 Å². The molecule has 0 saturated heterocycles. The number of carbonyl (C=O) groups is 1. The molecule has 0 spiro atoms. The van der Waals surface area contributed by atoms with E-state index in [2.05, 4.69) is 15.9 Å². The van der Waals surface area contributed by atoms with E-state index in [1.807, 2.05) is 32.2 Å². The topological polar surface area (TPSA) is 26.3 Å². The Kier molecular flexibility index (Phi) is 4.80. The van der Waals surface area contributed by atoms with Gasteiger partial charge in [-0.15, -0.1) is 11.3 Å². The molecule has 0 aliphatic rings. The van der Waals surface area contributed by atoms with Gasteiger partial charge in [0, 0.05) is 9.35 Å². The molecule has 0 amide bonds. The third-order valence-corrected chi connectivity index (χ3v) is 4.09. The van der Waals surface area contributed by atoms with E-state index in [0.29, 0.717) is 6.61 Å². The van der Waals surface area contributed by atoms with Crippen molar-refractivity contribution in [2.24, 2.45) is 5.92 Å². The molecular weight excluding hydrogens is 276 g/mol. The van der Waals surface area contributed by atoms with Gasteiger partial charge in [-0.2, -0.15) is 0 Å². The van der Waals surface area contributed by atoms with E-state index in [1.165, 1.54) is 0 Å². The number of esters is 1. The molecule has 0 fully saturated rings. The molecule has 0 aromatic carbocycles. The second-order valence-electron chi connectivity index (χ2n) is 3.61. The Balaban J connectivity index is 2.93. The van der Waals surface area contributed by atoms with E-state index >= 15 is 0 Å². The van der Waals surface area contributed by atoms with Crippen LogP contribution in [0.5, 0.6) is 0 Å². The summed E-state index contributed by atoms with van der Waals surface area (Å²) < 4.78 is 6.09. The zero-order valence-electron chi connectivity index (χ0n) is 9.12. The van der Waals surface area contributed by atoms with Crippen LogP contribution in [0.15, 0.2) is 15.9 Å². The van der Waals surface area contributed by atoms with E-state index in [4.69, 9.17) is 4.74 Å². The second kappa shape index (κ2) is 5.66. The van der Waals surface area contributed by atoms with Crippen molar-refractivity contribution >= 4 is 33.2 Å². The number of hydrogen-bond acceptors (Lipinski definition) is 3. The summed E-state index contributed by atoms with van der Waals surface area (Å²) in [6, 6.07) is 1.97. The highest BCUT2D eigenvalue weighted by Crippen LogP contribution is 2.35. The van der Waals surface area contributed by atoms with Crippen LogP contribution < -0.4 is 0 Å². The smallest absolute Gasteiger partial charge is 0.314 e. The molecule has 0 bridgehead atoms. The quantitative estimate of drug-likeness (QED) is 0.788. The molecule has 0 N–H and O–H groups in total. The van der Waals surface area contributed by atoms with Crippen molar-refractivity contribution in [3.63, 3.8) is 0 Å². The van der Waals surface area contributed by atoms with Gasteiger partial charge in [-0.3, -0.25) is 4.79 Å². The SMILES string of the molecule is CCOC(=O)C(c1sccc1Br)C(C)C. The van der Waals surface area contributed by atoms with Crippen LogP contribution in [0.4, 0.5) is 0 Å². The predicted octanol–water partition coefficient (Wildman–Crippen LogP) is 3.81. The molecule has 1 heterocycles. The highest BCUT2D eigenvalue weighted by molar-refractivity contribution is 9.10. The van der Waals surface area contributed by atoms with Crippen molar-refractivity contribution in [1.82, 2.24) is 0 Å². The Hall–Kier alpha value is -0.350. The molecule has 0 radical (unpaired) electrons. The summed E-state index contributed by atoms with van der Waals surface area (Å²) in [5.74, 6) is -0.0334. The van der Waals surface area contributed by atoms with Crippen LogP contribution in [0.3, 0.4) is 0 Å². The maximum atomic E-state index is 11.8. The normalized spacial score (nSPS) is 12.9. The highest BCUT2D eigenvalue weighted by atomic mass is 79.9. The molecule has 1 atom stereocenters. The zero-order chi connectivity index (χ0) is 11.4. The molecule has 15 heavy (non-hydrogen) atoms. The molecule has 1 rings (SSSR count). The lowest BCUT2D eigenvalue weighted by Gasteiger charge is -2.18. The molecule has 84 valence electrons. The minimum Gasteiger partial charge on any atom is -0.465 e. The minimum absolute atomic E-state index is 0.129. The van der Waals surface area contributed by atoms with Gasteiger partial charge in [-0.05, 0) is 40.2 Å². The van der Waals surface area contributed by atoms with Gasteiger partial charge in [0.05, 0.1) is 12.5 Å². The summed E-state index contributed by atoms with van der Waals surface area (Å²) >= 11 is 5.05. The molecule has 4 heteroatoms. The molecule has 1 aromatic heterocycles. The summed E-state index contributed by atoms with van der Waals surface area (Å²) in [5.41, 5.74) is 0. The van der Waals surface area contributed by atoms with Gasteiger partial charge in [-0.25, -0.2) is 0 Å². The van der Waals surface area contributed by atoms with Crippen LogP contribution in [-0.4, -0.2) is 12.6 Å². The fraction of sp³-hybridized carbons (Fsp3) is 0.545. The van der Waals surface area contributed by atoms with E-state index in [1.54, 1.807) is 11.3 Å². The molecule has 1 aromatic rings. The summed E-state index contributed by atoms with van der Waals surface area (Å²) in [4.78, 5) is 12.9. The Morgan fingerprint density at radius 3 is 2.67 bits per heavy atom. The Bertz CT molecular complexity index is 333. The molecule has 2 nitrogen and oxygen atoms in total. The molecule has 1 unspecified atom stereocenters. The predicted molar refractivity (Wildman–Crippen MR) is 66.2 cm³/mol. The van der Waals surface area contributed by atoms with E-state index in [9.17, 15) is 4.79 Å². The first-order valence-corrected chi connectivity index (χ1v) is 6.64. The lowest BCUT2D eigenvalue weighted by Crippen LogP contribution is -2.20. The summed E-state index contributed by atoms with van der Waals surface area (Å²) in [6.45, 7) is 6.34. The first kappa shape index (κ1) is 12.7. The van der Waals surface area contributed by atoms with Crippen molar-refractivity contribution in [3.8, 4) is 0 Å². The lowest BCUT2D eigenvalue weighted by atomic mass is 9.94. The molecule has 0 aliphatic carbocycles. The lowest BCUT2D eigenvalue weighted by molar-refractivity contribution is -0.146. The third kappa shape index (κ3) is 3.05. The number of carbonyl (C=O) groups excluding carboxylic acids is 1. The van der Waals surface area contributed by atoms with Crippen LogP contribution in [0.1, 0.15) is 31.6 Å². The minimum atomic E-state index is -0.153. The van der Waals surface area contributed by atoms with E-state index < -0.39 is 0 Å². The zero-order valence-corrected chi connectivity index (χ0v) is 11.5. The first-order valence-electron chi connectivity index (χ1n) is 4.97. The van der Waals surface area contributed by atoms with Crippen molar-refractivity contribution in [3.05, 3.63) is 20.8 Å². The number of halogens is 1. The average molecular weight is 291 g/mol. The summed E-state index contributed by atoms with van der Waals surface area (Å²) in [5, 5.41) is 1.98. The second-order valence-corrected chi connectivity index (χ2v) is 5.41. The fourth-order valence-electron chi connectivity index (χ4n) is 1.44.